The van der Waals surface area contributed by atoms with Crippen LogP contribution >= 0.6 is 7.82 Å². The fourth-order valence-electron chi connectivity index (χ4n) is 8.63. The van der Waals surface area contributed by atoms with Crippen molar-refractivity contribution in [1.29, 1.82) is 0 Å². The maximum atomic E-state index is 13.6. The van der Waals surface area contributed by atoms with Crippen molar-refractivity contribution in [1.82, 2.24) is 5.32 Å². The van der Waals surface area contributed by atoms with Crippen LogP contribution in [-0.4, -0.2) is 69.4 Å². The first-order valence-corrected chi connectivity index (χ1v) is 34.0. The fourth-order valence-corrected chi connectivity index (χ4v) is 9.36. The maximum Gasteiger partial charge on any atom is 0.306 e. The zero-order valence-electron chi connectivity index (χ0n) is 52.7. The third-order valence-corrected chi connectivity index (χ3v) is 14.5. The minimum absolute atomic E-state index is 0.0377. The predicted molar refractivity (Wildman–Crippen MR) is 348 cm³/mol. The van der Waals surface area contributed by atoms with Gasteiger partial charge in [0.05, 0.1) is 33.8 Å². The lowest BCUT2D eigenvalue weighted by Gasteiger charge is -2.30. The zero-order chi connectivity index (χ0) is 59.3. The van der Waals surface area contributed by atoms with Gasteiger partial charge >= 0.3 is 5.97 Å². The number of esters is 1. The van der Waals surface area contributed by atoms with Crippen LogP contribution in [0.5, 0.6) is 0 Å². The Morgan fingerprint density at radius 3 is 1.20 bits per heavy atom. The maximum absolute atomic E-state index is 13.6. The van der Waals surface area contributed by atoms with Crippen molar-refractivity contribution in [2.75, 3.05) is 40.9 Å². The molecule has 0 saturated carbocycles. The Labute approximate surface area is 498 Å². The van der Waals surface area contributed by atoms with Crippen LogP contribution in [-0.2, 0) is 27.9 Å². The summed E-state index contributed by atoms with van der Waals surface area (Å²) in [6.45, 7) is 6.58. The number of likely N-dealkylation sites (N-methyl/N-ethyl adjacent to an activating group) is 1. The summed E-state index contributed by atoms with van der Waals surface area (Å²) in [4.78, 5) is 40.1. The molecule has 0 heterocycles. The van der Waals surface area contributed by atoms with Gasteiger partial charge < -0.3 is 28.5 Å². The fraction of sp³-hybridized carbons (Fsp3) is 0.662. The van der Waals surface area contributed by atoms with Crippen molar-refractivity contribution in [2.45, 2.75) is 264 Å². The third-order valence-electron chi connectivity index (χ3n) is 13.6. The molecule has 3 atom stereocenters. The standard InChI is InChI=1S/C71H121N2O7P/c1-7-10-13-16-19-22-25-28-30-32-34-35-36-37-39-40-42-45-48-51-54-57-60-63-70(74)72-68(67-79-81(76,77)78-66-65-73(4,5)6)69(62-59-56-53-50-47-44-27-24-21-18-15-12-9-3)80-71(75)64-61-58-55-52-49-46-43-41-38-33-31-29-26-23-20-17-14-11-8-2/h10-11,13-14,19-20,22-23,28-31,34-35,37-39,41,46,49,59,62,68-69H,7-9,12,15-18,21,24-27,32-33,36,40,42-45,47-48,50-58,60-61,63-67H2,1-6H3,(H-,72,74,76,77)/b13-10-,14-11-,22-19-,23-20-,30-28-,31-29-,35-34-,39-37-,41-38-,49-46-,62-59-. The molecule has 10 heteroatoms. The van der Waals surface area contributed by atoms with E-state index in [0.29, 0.717) is 23.9 Å². The Hall–Kier alpha value is -3.85. The van der Waals surface area contributed by atoms with Crippen LogP contribution in [0.3, 0.4) is 0 Å². The summed E-state index contributed by atoms with van der Waals surface area (Å²) in [5.74, 6) is -0.599. The highest BCUT2D eigenvalue weighted by Crippen LogP contribution is 2.38. The average molecular weight is 1150 g/mol. The molecule has 0 aliphatic heterocycles. The third kappa shape index (κ3) is 60.6. The zero-order valence-corrected chi connectivity index (χ0v) is 53.6. The van der Waals surface area contributed by atoms with Gasteiger partial charge in [-0.1, -0.05) is 251 Å². The van der Waals surface area contributed by atoms with Gasteiger partial charge in [-0.2, -0.15) is 0 Å². The highest BCUT2D eigenvalue weighted by atomic mass is 31.2. The van der Waals surface area contributed by atoms with Crippen molar-refractivity contribution < 1.29 is 37.3 Å². The highest BCUT2D eigenvalue weighted by molar-refractivity contribution is 7.45. The molecule has 0 aromatic rings. The number of nitrogens with one attached hydrogen (secondary N) is 1. The number of carbonyl (C=O) groups is 2. The van der Waals surface area contributed by atoms with Crippen LogP contribution < -0.4 is 10.2 Å². The molecule has 0 aliphatic carbocycles. The number of phosphoric acid groups is 1. The van der Waals surface area contributed by atoms with Crippen LogP contribution in [0, 0.1) is 0 Å². The minimum atomic E-state index is -4.72. The number of quaternary nitrogens is 1. The number of allylic oxidation sites excluding steroid dienone is 21. The monoisotopic (exact) mass is 1140 g/mol. The molecule has 0 aromatic heterocycles. The minimum Gasteiger partial charge on any atom is -0.756 e. The van der Waals surface area contributed by atoms with Gasteiger partial charge in [-0.25, -0.2) is 0 Å². The van der Waals surface area contributed by atoms with Crippen LogP contribution in [0.1, 0.15) is 252 Å². The molecule has 1 amide bonds. The van der Waals surface area contributed by atoms with Crippen LogP contribution in [0.2, 0.25) is 0 Å². The van der Waals surface area contributed by atoms with Gasteiger partial charge in [0.2, 0.25) is 5.91 Å². The molecule has 0 aromatic carbocycles. The summed E-state index contributed by atoms with van der Waals surface area (Å²) in [5, 5.41) is 3.02. The second-order valence-corrected chi connectivity index (χ2v) is 23.9. The van der Waals surface area contributed by atoms with E-state index in [-0.39, 0.29) is 31.3 Å². The Morgan fingerprint density at radius 1 is 0.444 bits per heavy atom. The molecule has 0 rings (SSSR count). The van der Waals surface area contributed by atoms with Gasteiger partial charge in [0.1, 0.15) is 19.3 Å². The number of rotatable bonds is 57. The molecule has 0 fully saturated rings. The van der Waals surface area contributed by atoms with E-state index in [0.717, 1.165) is 128 Å². The molecule has 0 spiro atoms. The van der Waals surface area contributed by atoms with Crippen LogP contribution in [0.15, 0.2) is 134 Å². The SMILES string of the molecule is CC/C=C\C/C=C\C/C=C\C/C=C\C/C=C\CCCCCCCCCC(=O)NC(COP(=O)([O-])OCC[N+](C)(C)C)C(/C=C\CCCCCCCCCCCCC)OC(=O)CCCCC/C=C\C/C=C\C/C=C\C/C=C\C/C=C\CC. The Morgan fingerprint density at radius 2 is 0.790 bits per heavy atom. The average Bonchev–Trinajstić information content (AvgIpc) is 3.44. The molecule has 81 heavy (non-hydrogen) atoms. The van der Waals surface area contributed by atoms with E-state index in [2.05, 4.69) is 148 Å². The number of hydrogen-bond donors (Lipinski definition) is 1. The Balaban J connectivity index is 5.32. The lowest BCUT2D eigenvalue weighted by molar-refractivity contribution is -0.870. The molecule has 0 saturated heterocycles. The largest absolute Gasteiger partial charge is 0.756 e. The topological polar surface area (TPSA) is 114 Å². The van der Waals surface area contributed by atoms with E-state index in [9.17, 15) is 19.0 Å². The first-order chi connectivity index (χ1) is 39.4. The van der Waals surface area contributed by atoms with Crippen molar-refractivity contribution in [3.05, 3.63) is 134 Å². The molecule has 0 aliphatic rings. The summed E-state index contributed by atoms with van der Waals surface area (Å²) >= 11 is 0. The second kappa shape index (κ2) is 59.3. The summed E-state index contributed by atoms with van der Waals surface area (Å²) in [6.07, 6.45) is 84.2. The van der Waals surface area contributed by atoms with E-state index in [1.807, 2.05) is 33.3 Å². The molecule has 3 unspecified atom stereocenters. The number of ether oxygens (including phenoxy) is 1. The number of nitrogens with zero attached hydrogens (tertiary/aromatic N) is 1. The molecule has 462 valence electrons. The number of carbonyl (C=O) groups excluding carboxylic acids is 2. The molecule has 0 bridgehead atoms. The van der Waals surface area contributed by atoms with E-state index in [1.165, 1.54) is 77.0 Å². The Kier molecular flexibility index (Phi) is 56.5. The van der Waals surface area contributed by atoms with Gasteiger partial charge in [-0.3, -0.25) is 14.2 Å². The normalized spacial score (nSPS) is 14.5. The highest BCUT2D eigenvalue weighted by Gasteiger charge is 2.27. The van der Waals surface area contributed by atoms with Gasteiger partial charge in [0.15, 0.2) is 0 Å². The van der Waals surface area contributed by atoms with Crippen molar-refractivity contribution in [2.24, 2.45) is 0 Å². The molecular formula is C71H121N2O7P. The number of unbranched alkanes of at least 4 members (excludes halogenated alkanes) is 21. The van der Waals surface area contributed by atoms with Gasteiger partial charge in [-0.15, -0.1) is 0 Å². The lowest BCUT2D eigenvalue weighted by Crippen LogP contribution is -2.47. The number of amides is 1. The predicted octanol–water partition coefficient (Wildman–Crippen LogP) is 19.8. The summed E-state index contributed by atoms with van der Waals surface area (Å²) in [6, 6.07) is -0.919. The first-order valence-electron chi connectivity index (χ1n) is 32.5. The van der Waals surface area contributed by atoms with E-state index in [4.69, 9.17) is 13.8 Å². The number of phosphoric ester groups is 1. The smallest absolute Gasteiger partial charge is 0.306 e. The molecule has 9 nitrogen and oxygen atoms in total. The van der Waals surface area contributed by atoms with E-state index < -0.39 is 26.6 Å². The van der Waals surface area contributed by atoms with Crippen molar-refractivity contribution in [3.8, 4) is 0 Å². The molecule has 0 radical (unpaired) electrons. The van der Waals surface area contributed by atoms with Crippen LogP contribution in [0.25, 0.3) is 0 Å². The van der Waals surface area contributed by atoms with Gasteiger partial charge in [-0.05, 0) is 122 Å². The first kappa shape index (κ1) is 77.2. The van der Waals surface area contributed by atoms with Gasteiger partial charge in [0.25, 0.3) is 7.82 Å². The van der Waals surface area contributed by atoms with Crippen molar-refractivity contribution in [3.63, 3.8) is 0 Å². The summed E-state index contributed by atoms with van der Waals surface area (Å²) < 4.78 is 30.3. The quantitative estimate of drug-likeness (QED) is 0.0212. The van der Waals surface area contributed by atoms with E-state index >= 15 is 0 Å². The van der Waals surface area contributed by atoms with Crippen LogP contribution in [0.4, 0.5) is 0 Å². The lowest BCUT2D eigenvalue weighted by atomic mass is 10.0. The molecule has 1 N–H and O–H groups in total. The number of hydrogen-bond acceptors (Lipinski definition) is 7. The van der Waals surface area contributed by atoms with Gasteiger partial charge in [0, 0.05) is 12.8 Å². The molecular weight excluding hydrogens is 1020 g/mol. The van der Waals surface area contributed by atoms with Crippen molar-refractivity contribution >= 4 is 19.7 Å². The summed E-state index contributed by atoms with van der Waals surface area (Å²) in [5.41, 5.74) is 0. The van der Waals surface area contributed by atoms with E-state index in [1.54, 1.807) is 0 Å². The second-order valence-electron chi connectivity index (χ2n) is 22.5. The Bertz CT molecular complexity index is 1850. The summed E-state index contributed by atoms with van der Waals surface area (Å²) in [7, 11) is 1.14.